The molecule has 1 heterocycles. The zero-order valence-electron chi connectivity index (χ0n) is 13.9. The lowest BCUT2D eigenvalue weighted by atomic mass is 10.1. The average molecular weight is 351 g/mol. The first kappa shape index (κ1) is 16.9. The molecule has 0 atom stereocenters. The van der Waals surface area contributed by atoms with E-state index in [0.29, 0.717) is 5.56 Å². The first-order valence-electron chi connectivity index (χ1n) is 7.69. The molecule has 0 unspecified atom stereocenters. The predicted octanol–water partition coefficient (Wildman–Crippen LogP) is 4.29. The first-order valence-corrected chi connectivity index (χ1v) is 8.51. The minimum absolute atomic E-state index is 0.222. The number of aromatic nitrogens is 1. The van der Waals surface area contributed by atoms with Crippen molar-refractivity contribution in [3.8, 4) is 11.3 Å². The quantitative estimate of drug-likeness (QED) is 0.550. The van der Waals surface area contributed by atoms with Crippen LogP contribution in [0.4, 0.5) is 5.13 Å². The summed E-state index contributed by atoms with van der Waals surface area (Å²) in [5.74, 6) is -0.971. The van der Waals surface area contributed by atoms with Crippen molar-refractivity contribution >= 4 is 28.7 Å². The number of hydrogen-bond acceptors (Lipinski definition) is 5. The minimum Gasteiger partial charge on any atom is -0.478 e. The molecule has 0 spiro atoms. The predicted molar refractivity (Wildman–Crippen MR) is 102 cm³/mol. The van der Waals surface area contributed by atoms with E-state index in [1.54, 1.807) is 53.9 Å². The fourth-order valence-electron chi connectivity index (χ4n) is 2.39. The third-order valence-corrected chi connectivity index (χ3v) is 4.71. The molecule has 126 valence electrons. The number of hydrogen-bond donors (Lipinski definition) is 1. The van der Waals surface area contributed by atoms with Gasteiger partial charge in [0.1, 0.15) is 0 Å². The van der Waals surface area contributed by atoms with Crippen molar-refractivity contribution in [1.82, 2.24) is 4.98 Å². The molecule has 0 saturated carbocycles. The van der Waals surface area contributed by atoms with E-state index in [9.17, 15) is 9.90 Å². The van der Waals surface area contributed by atoms with Crippen molar-refractivity contribution in [2.24, 2.45) is 5.10 Å². The summed E-state index contributed by atoms with van der Waals surface area (Å²) in [5.41, 5.74) is 2.78. The standard InChI is InChI=1S/C19H17N3O2S/c1-13-17(14-8-4-3-5-9-14)21-19(25-13)22(2)20-12-15-10-6-7-11-16(15)18(23)24/h3-12H,1-2H3,(H,23,24)/b20-12+. The zero-order valence-corrected chi connectivity index (χ0v) is 14.7. The summed E-state index contributed by atoms with van der Waals surface area (Å²) in [6.07, 6.45) is 1.54. The van der Waals surface area contributed by atoms with Crippen LogP contribution < -0.4 is 5.01 Å². The van der Waals surface area contributed by atoms with Crippen LogP contribution in [0.3, 0.4) is 0 Å². The lowest BCUT2D eigenvalue weighted by Crippen LogP contribution is -2.09. The Balaban J connectivity index is 1.85. The number of carboxylic acid groups (broad SMARTS) is 1. The Morgan fingerprint density at radius 1 is 1.16 bits per heavy atom. The molecule has 0 bridgehead atoms. The largest absolute Gasteiger partial charge is 0.478 e. The van der Waals surface area contributed by atoms with Gasteiger partial charge in [0.05, 0.1) is 17.5 Å². The van der Waals surface area contributed by atoms with E-state index >= 15 is 0 Å². The van der Waals surface area contributed by atoms with Crippen molar-refractivity contribution in [3.05, 3.63) is 70.6 Å². The van der Waals surface area contributed by atoms with Gasteiger partial charge in [-0.3, -0.25) is 0 Å². The molecule has 0 aliphatic carbocycles. The lowest BCUT2D eigenvalue weighted by Gasteiger charge is -2.08. The highest BCUT2D eigenvalue weighted by atomic mass is 32.1. The Hall–Kier alpha value is -2.99. The summed E-state index contributed by atoms with van der Waals surface area (Å²) in [5, 5.41) is 16.0. The molecule has 3 rings (SSSR count). The normalized spacial score (nSPS) is 11.0. The molecule has 0 radical (unpaired) electrons. The van der Waals surface area contributed by atoms with Gasteiger partial charge in [-0.1, -0.05) is 59.9 Å². The summed E-state index contributed by atoms with van der Waals surface area (Å²) in [6, 6.07) is 16.8. The highest BCUT2D eigenvalue weighted by molar-refractivity contribution is 7.16. The number of carbonyl (C=O) groups is 1. The Morgan fingerprint density at radius 3 is 2.56 bits per heavy atom. The molecule has 0 aliphatic heterocycles. The first-order chi connectivity index (χ1) is 12.1. The number of thiazole rings is 1. The molecule has 0 aliphatic rings. The molecular formula is C19H17N3O2S. The smallest absolute Gasteiger partial charge is 0.336 e. The second-order valence-electron chi connectivity index (χ2n) is 5.43. The maximum Gasteiger partial charge on any atom is 0.336 e. The Labute approximate surface area is 149 Å². The van der Waals surface area contributed by atoms with E-state index in [0.717, 1.165) is 21.3 Å². The molecule has 0 saturated heterocycles. The monoisotopic (exact) mass is 351 g/mol. The van der Waals surface area contributed by atoms with E-state index in [1.807, 2.05) is 37.3 Å². The van der Waals surface area contributed by atoms with Gasteiger partial charge < -0.3 is 5.11 Å². The van der Waals surface area contributed by atoms with Crippen LogP contribution in [0.2, 0.25) is 0 Å². The van der Waals surface area contributed by atoms with E-state index in [4.69, 9.17) is 0 Å². The summed E-state index contributed by atoms with van der Waals surface area (Å²) in [6.45, 7) is 2.03. The van der Waals surface area contributed by atoms with Gasteiger partial charge in [-0.2, -0.15) is 5.10 Å². The van der Waals surface area contributed by atoms with Crippen molar-refractivity contribution < 1.29 is 9.90 Å². The number of carboxylic acids is 1. The molecule has 1 N–H and O–H groups in total. The van der Waals surface area contributed by atoms with Crippen LogP contribution in [0, 0.1) is 6.92 Å². The second kappa shape index (κ2) is 7.27. The molecule has 6 heteroatoms. The maximum absolute atomic E-state index is 11.3. The van der Waals surface area contributed by atoms with Crippen LogP contribution in [-0.4, -0.2) is 29.3 Å². The van der Waals surface area contributed by atoms with Gasteiger partial charge in [-0.15, -0.1) is 0 Å². The van der Waals surface area contributed by atoms with Gasteiger partial charge in [0.15, 0.2) is 0 Å². The van der Waals surface area contributed by atoms with E-state index < -0.39 is 5.97 Å². The molecule has 5 nitrogen and oxygen atoms in total. The van der Waals surface area contributed by atoms with Crippen molar-refractivity contribution in [3.63, 3.8) is 0 Å². The van der Waals surface area contributed by atoms with Crippen LogP contribution in [0.15, 0.2) is 59.7 Å². The van der Waals surface area contributed by atoms with Crippen LogP contribution in [-0.2, 0) is 0 Å². The average Bonchev–Trinajstić information content (AvgIpc) is 3.02. The maximum atomic E-state index is 11.3. The van der Waals surface area contributed by atoms with Gasteiger partial charge in [-0.05, 0) is 13.0 Å². The van der Waals surface area contributed by atoms with Gasteiger partial charge >= 0.3 is 5.97 Å². The van der Waals surface area contributed by atoms with Crippen molar-refractivity contribution in [2.45, 2.75) is 6.92 Å². The lowest BCUT2D eigenvalue weighted by molar-refractivity contribution is 0.0697. The number of aryl methyl sites for hydroxylation is 1. The van der Waals surface area contributed by atoms with E-state index in [2.05, 4.69) is 10.1 Å². The van der Waals surface area contributed by atoms with E-state index in [-0.39, 0.29) is 5.56 Å². The van der Waals surface area contributed by atoms with Crippen LogP contribution >= 0.6 is 11.3 Å². The van der Waals surface area contributed by atoms with Gasteiger partial charge in [0.25, 0.3) is 0 Å². The Morgan fingerprint density at radius 2 is 1.84 bits per heavy atom. The van der Waals surface area contributed by atoms with E-state index in [1.165, 1.54) is 0 Å². The van der Waals surface area contributed by atoms with Gasteiger partial charge in [0.2, 0.25) is 5.13 Å². The van der Waals surface area contributed by atoms with Crippen LogP contribution in [0.5, 0.6) is 0 Å². The zero-order chi connectivity index (χ0) is 17.8. The summed E-state index contributed by atoms with van der Waals surface area (Å²) >= 11 is 1.55. The van der Waals surface area contributed by atoms with Gasteiger partial charge in [-0.25, -0.2) is 14.8 Å². The molecule has 2 aromatic carbocycles. The molecule has 25 heavy (non-hydrogen) atoms. The topological polar surface area (TPSA) is 65.8 Å². The Kier molecular flexibility index (Phi) is 4.90. The SMILES string of the molecule is Cc1sc(N(C)/N=C/c2ccccc2C(=O)O)nc1-c1ccccc1. The highest BCUT2D eigenvalue weighted by Gasteiger charge is 2.12. The number of benzene rings is 2. The third kappa shape index (κ3) is 3.75. The summed E-state index contributed by atoms with van der Waals surface area (Å²) in [7, 11) is 1.80. The molecule has 0 fully saturated rings. The number of aromatic carboxylic acids is 1. The number of nitrogens with zero attached hydrogens (tertiary/aromatic N) is 3. The van der Waals surface area contributed by atoms with Crippen LogP contribution in [0.25, 0.3) is 11.3 Å². The molecular weight excluding hydrogens is 334 g/mol. The number of anilines is 1. The molecule has 1 aromatic heterocycles. The number of hydrazone groups is 1. The van der Waals surface area contributed by atoms with Crippen molar-refractivity contribution in [1.29, 1.82) is 0 Å². The summed E-state index contributed by atoms with van der Waals surface area (Å²) in [4.78, 5) is 17.0. The minimum atomic E-state index is -0.971. The fraction of sp³-hybridized carbons (Fsp3) is 0.105. The van der Waals surface area contributed by atoms with Gasteiger partial charge in [0, 0.05) is 23.1 Å². The Bertz CT molecular complexity index is 919. The molecule has 0 amide bonds. The number of rotatable bonds is 5. The summed E-state index contributed by atoms with van der Waals surface area (Å²) < 4.78 is 0. The second-order valence-corrected chi connectivity index (χ2v) is 6.61. The van der Waals surface area contributed by atoms with Crippen LogP contribution in [0.1, 0.15) is 20.8 Å². The third-order valence-electron chi connectivity index (χ3n) is 3.67. The van der Waals surface area contributed by atoms with Crippen molar-refractivity contribution in [2.75, 3.05) is 12.1 Å². The highest BCUT2D eigenvalue weighted by Crippen LogP contribution is 2.31. The molecule has 3 aromatic rings. The fourth-order valence-corrected chi connectivity index (χ4v) is 3.24.